The van der Waals surface area contributed by atoms with Crippen molar-refractivity contribution in [3.63, 3.8) is 0 Å². The van der Waals surface area contributed by atoms with Crippen molar-refractivity contribution >= 4 is 17.2 Å². The van der Waals surface area contributed by atoms with Gasteiger partial charge >= 0.3 is 0 Å². The van der Waals surface area contributed by atoms with Gasteiger partial charge in [0.25, 0.3) is 0 Å². The molecule has 0 spiro atoms. The lowest BCUT2D eigenvalue weighted by molar-refractivity contribution is 0.459. The van der Waals surface area contributed by atoms with Crippen LogP contribution in [0.3, 0.4) is 0 Å². The number of ether oxygens (including phenoxy) is 1. The second-order valence-corrected chi connectivity index (χ2v) is 4.12. The molecule has 0 amide bonds. The maximum atomic E-state index is 13.1. The van der Waals surface area contributed by atoms with Crippen LogP contribution in [-0.2, 0) is 0 Å². The maximum absolute atomic E-state index is 13.1. The molecule has 0 unspecified atom stereocenters. The summed E-state index contributed by atoms with van der Waals surface area (Å²) in [5, 5.41) is 0. The van der Waals surface area contributed by atoms with Crippen LogP contribution in [0, 0.1) is 17.5 Å². The van der Waals surface area contributed by atoms with E-state index in [0.29, 0.717) is 0 Å². The molecule has 2 aromatic carbocycles. The number of hydrogen-bond donors (Lipinski definition) is 1. The third kappa shape index (κ3) is 3.03. The van der Waals surface area contributed by atoms with Gasteiger partial charge in [-0.3, -0.25) is 0 Å². The first-order valence-electron chi connectivity index (χ1n) is 5.19. The van der Waals surface area contributed by atoms with Crippen LogP contribution < -0.4 is 10.5 Å². The van der Waals surface area contributed by atoms with E-state index in [2.05, 4.69) is 0 Å². The fraction of sp³-hybridized carbons (Fsp3) is 0. The van der Waals surface area contributed by atoms with E-state index >= 15 is 0 Å². The average Bonchev–Trinajstić information content (AvgIpc) is 2.36. The maximum Gasteiger partial charge on any atom is 0.162 e. The third-order valence-electron chi connectivity index (χ3n) is 2.33. The van der Waals surface area contributed by atoms with Crippen molar-refractivity contribution < 1.29 is 17.9 Å². The Labute approximate surface area is 112 Å². The van der Waals surface area contributed by atoms with Crippen molar-refractivity contribution in [2.24, 2.45) is 5.73 Å². The van der Waals surface area contributed by atoms with Crippen molar-refractivity contribution in [1.82, 2.24) is 0 Å². The minimum absolute atomic E-state index is 0.0583. The molecule has 0 saturated carbocycles. The van der Waals surface area contributed by atoms with E-state index in [-0.39, 0.29) is 22.1 Å². The molecular formula is C13H8F3NOS. The fourth-order valence-corrected chi connectivity index (χ4v) is 1.61. The molecule has 98 valence electrons. The van der Waals surface area contributed by atoms with Gasteiger partial charge in [0.2, 0.25) is 0 Å². The standard InChI is InChI=1S/C13H8F3NOS/c14-7-1-4-12(9(5-7)13(17)19)18-8-2-3-10(15)11(16)6-8/h1-6H,(H2,17,19). The van der Waals surface area contributed by atoms with Gasteiger partial charge in [-0.2, -0.15) is 0 Å². The highest BCUT2D eigenvalue weighted by Gasteiger charge is 2.10. The summed E-state index contributed by atoms with van der Waals surface area (Å²) in [6.45, 7) is 0. The summed E-state index contributed by atoms with van der Waals surface area (Å²) in [6, 6.07) is 6.61. The number of halogens is 3. The van der Waals surface area contributed by atoms with Crippen LogP contribution in [0.25, 0.3) is 0 Å². The summed E-state index contributed by atoms with van der Waals surface area (Å²) in [5.74, 6) is -2.33. The highest BCUT2D eigenvalue weighted by atomic mass is 32.1. The van der Waals surface area contributed by atoms with Crippen LogP contribution in [0.1, 0.15) is 5.56 Å². The van der Waals surface area contributed by atoms with E-state index in [4.69, 9.17) is 22.7 Å². The lowest BCUT2D eigenvalue weighted by atomic mass is 10.2. The Morgan fingerprint density at radius 1 is 1.00 bits per heavy atom. The van der Waals surface area contributed by atoms with Crippen LogP contribution in [0.5, 0.6) is 11.5 Å². The van der Waals surface area contributed by atoms with Crippen molar-refractivity contribution in [2.45, 2.75) is 0 Å². The Balaban J connectivity index is 2.37. The zero-order chi connectivity index (χ0) is 14.0. The van der Waals surface area contributed by atoms with Crippen LogP contribution in [0.4, 0.5) is 13.2 Å². The number of thiocarbonyl (C=S) groups is 1. The molecule has 0 bridgehead atoms. The van der Waals surface area contributed by atoms with Gasteiger partial charge in [0, 0.05) is 6.07 Å². The zero-order valence-corrected chi connectivity index (χ0v) is 10.3. The Kier molecular flexibility index (Phi) is 3.71. The molecule has 0 aliphatic rings. The van der Waals surface area contributed by atoms with Gasteiger partial charge in [0.1, 0.15) is 22.3 Å². The molecule has 0 aromatic heterocycles. The molecule has 2 nitrogen and oxygen atoms in total. The molecule has 0 radical (unpaired) electrons. The lowest BCUT2D eigenvalue weighted by Crippen LogP contribution is -2.11. The van der Waals surface area contributed by atoms with Crippen molar-refractivity contribution in [1.29, 1.82) is 0 Å². The molecule has 0 fully saturated rings. The first-order chi connectivity index (χ1) is 8.97. The zero-order valence-electron chi connectivity index (χ0n) is 9.49. The average molecular weight is 283 g/mol. The van der Waals surface area contributed by atoms with E-state index in [1.54, 1.807) is 0 Å². The summed E-state index contributed by atoms with van der Waals surface area (Å²) in [5.41, 5.74) is 5.62. The Morgan fingerprint density at radius 2 is 1.74 bits per heavy atom. The van der Waals surface area contributed by atoms with E-state index in [1.165, 1.54) is 12.1 Å². The largest absolute Gasteiger partial charge is 0.457 e. The highest BCUT2D eigenvalue weighted by molar-refractivity contribution is 7.80. The normalized spacial score (nSPS) is 10.3. The number of hydrogen-bond acceptors (Lipinski definition) is 2. The van der Waals surface area contributed by atoms with Crippen LogP contribution in [-0.4, -0.2) is 4.99 Å². The van der Waals surface area contributed by atoms with Crippen LogP contribution in [0.2, 0.25) is 0 Å². The monoisotopic (exact) mass is 283 g/mol. The molecule has 2 N–H and O–H groups in total. The van der Waals surface area contributed by atoms with Gasteiger partial charge in [-0.05, 0) is 30.3 Å². The van der Waals surface area contributed by atoms with Gasteiger partial charge in [-0.15, -0.1) is 0 Å². The predicted octanol–water partition coefficient (Wildman–Crippen LogP) is 3.53. The lowest BCUT2D eigenvalue weighted by Gasteiger charge is -2.10. The van der Waals surface area contributed by atoms with Crippen LogP contribution in [0.15, 0.2) is 36.4 Å². The Hall–Kier alpha value is -2.08. The topological polar surface area (TPSA) is 35.2 Å². The Morgan fingerprint density at radius 3 is 2.37 bits per heavy atom. The number of rotatable bonds is 3. The molecule has 6 heteroatoms. The van der Waals surface area contributed by atoms with E-state index in [9.17, 15) is 13.2 Å². The van der Waals surface area contributed by atoms with Gasteiger partial charge < -0.3 is 10.5 Å². The molecule has 0 aliphatic heterocycles. The van der Waals surface area contributed by atoms with Gasteiger partial charge in [0.15, 0.2) is 11.6 Å². The minimum atomic E-state index is -1.04. The quantitative estimate of drug-likeness (QED) is 0.875. The molecule has 0 heterocycles. The smallest absolute Gasteiger partial charge is 0.162 e. The molecule has 0 saturated heterocycles. The van der Waals surface area contributed by atoms with Crippen LogP contribution >= 0.6 is 12.2 Å². The molecule has 0 aliphatic carbocycles. The van der Waals surface area contributed by atoms with Crippen molar-refractivity contribution in [2.75, 3.05) is 0 Å². The first kappa shape index (κ1) is 13.4. The summed E-state index contributed by atoms with van der Waals surface area (Å²) in [6.07, 6.45) is 0. The third-order valence-corrected chi connectivity index (χ3v) is 2.55. The molecule has 2 aromatic rings. The molecular weight excluding hydrogens is 275 g/mol. The Bertz CT molecular complexity index is 646. The van der Waals surface area contributed by atoms with E-state index in [1.807, 2.05) is 0 Å². The minimum Gasteiger partial charge on any atom is -0.457 e. The molecule has 0 atom stereocenters. The van der Waals surface area contributed by atoms with E-state index in [0.717, 1.165) is 24.3 Å². The highest BCUT2D eigenvalue weighted by Crippen LogP contribution is 2.27. The van der Waals surface area contributed by atoms with Gasteiger partial charge in [0.05, 0.1) is 5.56 Å². The fourth-order valence-electron chi connectivity index (χ4n) is 1.45. The SMILES string of the molecule is NC(=S)c1cc(F)ccc1Oc1ccc(F)c(F)c1. The summed E-state index contributed by atoms with van der Waals surface area (Å²) in [4.78, 5) is -0.0583. The predicted molar refractivity (Wildman–Crippen MR) is 68.7 cm³/mol. The summed E-state index contributed by atoms with van der Waals surface area (Å²) >= 11 is 4.77. The first-order valence-corrected chi connectivity index (χ1v) is 5.60. The summed E-state index contributed by atoms with van der Waals surface area (Å²) < 4.78 is 44.2. The number of nitrogens with two attached hydrogens (primary N) is 1. The van der Waals surface area contributed by atoms with Crippen molar-refractivity contribution in [3.05, 3.63) is 59.4 Å². The van der Waals surface area contributed by atoms with E-state index < -0.39 is 17.5 Å². The molecule has 2 rings (SSSR count). The number of benzene rings is 2. The second kappa shape index (κ2) is 5.27. The van der Waals surface area contributed by atoms with Crippen molar-refractivity contribution in [3.8, 4) is 11.5 Å². The van der Waals surface area contributed by atoms with Gasteiger partial charge in [-0.25, -0.2) is 13.2 Å². The summed E-state index contributed by atoms with van der Waals surface area (Å²) in [7, 11) is 0. The second-order valence-electron chi connectivity index (χ2n) is 3.68. The molecule has 19 heavy (non-hydrogen) atoms. The van der Waals surface area contributed by atoms with Gasteiger partial charge in [-0.1, -0.05) is 12.2 Å².